The number of hydrogen-bond acceptors (Lipinski definition) is 4. The fourth-order valence-corrected chi connectivity index (χ4v) is 2.16. The Morgan fingerprint density at radius 3 is 2.68 bits per heavy atom. The zero-order valence-corrected chi connectivity index (χ0v) is 12.8. The molecule has 1 aliphatic heterocycles. The monoisotopic (exact) mass is 305 g/mol. The van der Waals surface area contributed by atoms with E-state index in [2.05, 4.69) is 5.32 Å². The molecule has 22 heavy (non-hydrogen) atoms. The highest BCUT2D eigenvalue weighted by molar-refractivity contribution is 6.00. The number of carbonyl (C=O) groups is 2. The third-order valence-corrected chi connectivity index (χ3v) is 3.44. The minimum absolute atomic E-state index is 0.107. The van der Waals surface area contributed by atoms with Crippen LogP contribution in [0.4, 0.5) is 0 Å². The fourth-order valence-electron chi connectivity index (χ4n) is 2.16. The van der Waals surface area contributed by atoms with Crippen molar-refractivity contribution in [2.45, 2.75) is 19.9 Å². The first kappa shape index (κ1) is 15.9. The molecule has 2 rings (SSSR count). The molecule has 0 fully saturated rings. The predicted octanol–water partition coefficient (Wildman–Crippen LogP) is 1.70. The van der Waals surface area contributed by atoms with Gasteiger partial charge in [0.1, 0.15) is 24.1 Å². The summed E-state index contributed by atoms with van der Waals surface area (Å²) in [5.41, 5.74) is 1.11. The maximum Gasteiger partial charge on any atom is 0.326 e. The SMILES string of the molecule is COc1ccc2c(c1)C=C(C(=O)NC(C(=O)O)C(C)C)CO2. The summed E-state index contributed by atoms with van der Waals surface area (Å²) in [5, 5.41) is 11.7. The highest BCUT2D eigenvalue weighted by Crippen LogP contribution is 2.29. The number of hydrogen-bond donors (Lipinski definition) is 2. The van der Waals surface area contributed by atoms with Crippen molar-refractivity contribution in [3.8, 4) is 11.5 Å². The Bertz CT molecular complexity index is 621. The summed E-state index contributed by atoms with van der Waals surface area (Å²) in [6.45, 7) is 3.59. The first-order valence-corrected chi connectivity index (χ1v) is 6.97. The van der Waals surface area contributed by atoms with Crippen molar-refractivity contribution in [3.05, 3.63) is 29.3 Å². The Labute approximate surface area is 128 Å². The smallest absolute Gasteiger partial charge is 0.326 e. The van der Waals surface area contributed by atoms with Crippen LogP contribution in [0, 0.1) is 5.92 Å². The number of fused-ring (bicyclic) bond motifs is 1. The lowest BCUT2D eigenvalue weighted by Gasteiger charge is -2.21. The van der Waals surface area contributed by atoms with Crippen molar-refractivity contribution in [1.82, 2.24) is 5.32 Å². The van der Waals surface area contributed by atoms with E-state index in [1.807, 2.05) is 0 Å². The highest BCUT2D eigenvalue weighted by Gasteiger charge is 2.26. The maximum absolute atomic E-state index is 12.2. The lowest BCUT2D eigenvalue weighted by molar-refractivity contribution is -0.142. The van der Waals surface area contributed by atoms with Gasteiger partial charge < -0.3 is 19.9 Å². The van der Waals surface area contributed by atoms with Crippen LogP contribution in [-0.4, -0.2) is 36.7 Å². The van der Waals surface area contributed by atoms with Crippen molar-refractivity contribution in [2.24, 2.45) is 5.92 Å². The van der Waals surface area contributed by atoms with Crippen LogP contribution in [0.2, 0.25) is 0 Å². The number of carboxylic acid groups (broad SMARTS) is 1. The molecule has 0 saturated carbocycles. The van der Waals surface area contributed by atoms with E-state index in [1.165, 1.54) is 0 Å². The second-order valence-corrected chi connectivity index (χ2v) is 5.40. The molecule has 1 atom stereocenters. The number of aliphatic carboxylic acids is 1. The normalized spacial score (nSPS) is 14.5. The van der Waals surface area contributed by atoms with Crippen molar-refractivity contribution >= 4 is 18.0 Å². The summed E-state index contributed by atoms with van der Waals surface area (Å²) >= 11 is 0. The maximum atomic E-state index is 12.2. The molecule has 1 aromatic rings. The zero-order valence-electron chi connectivity index (χ0n) is 12.8. The lowest BCUT2D eigenvalue weighted by atomic mass is 10.0. The molecule has 0 spiro atoms. The average Bonchev–Trinajstić information content (AvgIpc) is 2.50. The van der Waals surface area contributed by atoms with Crippen LogP contribution in [-0.2, 0) is 9.59 Å². The molecule has 1 heterocycles. The van der Waals surface area contributed by atoms with Crippen molar-refractivity contribution in [2.75, 3.05) is 13.7 Å². The Kier molecular flexibility index (Phi) is 4.70. The number of carbonyl (C=O) groups excluding carboxylic acids is 1. The molecular formula is C16H19NO5. The van der Waals surface area contributed by atoms with E-state index in [9.17, 15) is 9.59 Å². The number of carboxylic acids is 1. The summed E-state index contributed by atoms with van der Waals surface area (Å²) in [7, 11) is 1.56. The van der Waals surface area contributed by atoms with Crippen molar-refractivity contribution in [3.63, 3.8) is 0 Å². The van der Waals surface area contributed by atoms with E-state index >= 15 is 0 Å². The average molecular weight is 305 g/mol. The topological polar surface area (TPSA) is 84.9 Å². The number of rotatable bonds is 5. The van der Waals surface area contributed by atoms with Crippen LogP contribution in [0.1, 0.15) is 19.4 Å². The second kappa shape index (κ2) is 6.51. The number of nitrogens with one attached hydrogen (secondary N) is 1. The molecule has 0 aromatic heterocycles. The van der Waals surface area contributed by atoms with Crippen molar-refractivity contribution < 1.29 is 24.2 Å². The van der Waals surface area contributed by atoms with Crippen LogP contribution in [0.5, 0.6) is 11.5 Å². The molecule has 1 amide bonds. The lowest BCUT2D eigenvalue weighted by Crippen LogP contribution is -2.45. The van der Waals surface area contributed by atoms with E-state index in [0.717, 1.165) is 5.56 Å². The molecule has 2 N–H and O–H groups in total. The summed E-state index contributed by atoms with van der Waals surface area (Å²) in [6.07, 6.45) is 1.69. The molecule has 0 aliphatic carbocycles. The number of benzene rings is 1. The fraction of sp³-hybridized carbons (Fsp3) is 0.375. The van der Waals surface area contributed by atoms with E-state index in [0.29, 0.717) is 17.1 Å². The summed E-state index contributed by atoms with van der Waals surface area (Å²) in [6, 6.07) is 4.38. The number of methoxy groups -OCH3 is 1. The molecule has 118 valence electrons. The molecule has 0 saturated heterocycles. The van der Waals surface area contributed by atoms with Gasteiger partial charge in [0.25, 0.3) is 5.91 Å². The van der Waals surface area contributed by atoms with Crippen LogP contribution in [0.3, 0.4) is 0 Å². The standard InChI is InChI=1S/C16H19NO5/c1-9(2)14(16(19)20)17-15(18)11-6-10-7-12(21-3)4-5-13(10)22-8-11/h4-7,9,14H,8H2,1-3H3,(H,17,18)(H,19,20). The van der Waals surface area contributed by atoms with E-state index in [-0.39, 0.29) is 12.5 Å². The third-order valence-electron chi connectivity index (χ3n) is 3.44. The van der Waals surface area contributed by atoms with Gasteiger partial charge in [0.2, 0.25) is 0 Å². The molecule has 6 heteroatoms. The van der Waals surface area contributed by atoms with E-state index in [1.54, 1.807) is 45.2 Å². The molecule has 1 unspecified atom stereocenters. The minimum atomic E-state index is -1.05. The minimum Gasteiger partial charge on any atom is -0.497 e. The van der Waals surface area contributed by atoms with Gasteiger partial charge in [-0.15, -0.1) is 0 Å². The summed E-state index contributed by atoms with van der Waals surface area (Å²) < 4.78 is 10.7. The molecule has 6 nitrogen and oxygen atoms in total. The molecule has 0 radical (unpaired) electrons. The molecular weight excluding hydrogens is 286 g/mol. The van der Waals surface area contributed by atoms with Crippen LogP contribution >= 0.6 is 0 Å². The first-order chi connectivity index (χ1) is 10.4. The van der Waals surface area contributed by atoms with Gasteiger partial charge in [0.15, 0.2) is 0 Å². The Balaban J connectivity index is 2.20. The highest BCUT2D eigenvalue weighted by atomic mass is 16.5. The third kappa shape index (κ3) is 3.39. The Hall–Kier alpha value is -2.50. The van der Waals surface area contributed by atoms with Gasteiger partial charge in [-0.2, -0.15) is 0 Å². The van der Waals surface area contributed by atoms with Gasteiger partial charge in [-0.1, -0.05) is 13.8 Å². The van der Waals surface area contributed by atoms with E-state index in [4.69, 9.17) is 14.6 Å². The number of ether oxygens (including phenoxy) is 2. The molecule has 1 aromatic carbocycles. The van der Waals surface area contributed by atoms with Gasteiger partial charge in [-0.05, 0) is 30.2 Å². The predicted molar refractivity (Wildman–Crippen MR) is 80.9 cm³/mol. The number of amides is 1. The summed E-state index contributed by atoms with van der Waals surface area (Å²) in [5.74, 6) is -0.377. The first-order valence-electron chi connectivity index (χ1n) is 6.97. The van der Waals surface area contributed by atoms with Gasteiger partial charge >= 0.3 is 5.97 Å². The zero-order chi connectivity index (χ0) is 16.3. The molecule has 0 bridgehead atoms. The van der Waals surface area contributed by atoms with Crippen molar-refractivity contribution in [1.29, 1.82) is 0 Å². The summed E-state index contributed by atoms with van der Waals surface area (Å²) in [4.78, 5) is 23.4. The largest absolute Gasteiger partial charge is 0.497 e. The van der Waals surface area contributed by atoms with Gasteiger partial charge in [0.05, 0.1) is 12.7 Å². The Morgan fingerprint density at radius 1 is 1.36 bits per heavy atom. The quantitative estimate of drug-likeness (QED) is 0.865. The van der Waals surface area contributed by atoms with Gasteiger partial charge in [-0.25, -0.2) is 4.79 Å². The van der Waals surface area contributed by atoms with Crippen LogP contribution in [0.25, 0.3) is 6.08 Å². The van der Waals surface area contributed by atoms with E-state index < -0.39 is 17.9 Å². The second-order valence-electron chi connectivity index (χ2n) is 5.40. The van der Waals surface area contributed by atoms with Crippen LogP contribution in [0.15, 0.2) is 23.8 Å². The van der Waals surface area contributed by atoms with Crippen LogP contribution < -0.4 is 14.8 Å². The van der Waals surface area contributed by atoms with Gasteiger partial charge in [-0.3, -0.25) is 4.79 Å². The van der Waals surface area contributed by atoms with Gasteiger partial charge in [0, 0.05) is 5.56 Å². The molecule has 1 aliphatic rings. The Morgan fingerprint density at radius 2 is 2.09 bits per heavy atom.